The van der Waals surface area contributed by atoms with Gasteiger partial charge in [0.2, 0.25) is 0 Å². The molecule has 244 valence electrons. The van der Waals surface area contributed by atoms with Gasteiger partial charge in [-0.15, -0.1) is 0 Å². The molecule has 3 saturated carbocycles. The molecule has 0 bridgehead atoms. The van der Waals surface area contributed by atoms with E-state index in [4.69, 9.17) is 9.47 Å². The molecule has 7 heteroatoms. The van der Waals surface area contributed by atoms with E-state index in [0.717, 1.165) is 61.3 Å². The summed E-state index contributed by atoms with van der Waals surface area (Å²) in [6, 6.07) is 3.99. The SMILES string of the molecule is C=CCOc1ccc(C(=O)O[C@H]2CC[C@@]3(C)C(=CC[C@H]4[C@@H]5CC[C@H]([C@H](C)CCCC(C)C)[C@@]5(C)CC[C@@H]43)C2)cc1S(=O)(=O)O. The highest BCUT2D eigenvalue weighted by molar-refractivity contribution is 7.86. The van der Waals surface area contributed by atoms with E-state index in [2.05, 4.69) is 47.3 Å². The number of allylic oxidation sites excluding steroid dienone is 1. The van der Waals surface area contributed by atoms with Crippen LogP contribution in [0, 0.1) is 46.3 Å². The molecule has 6 nitrogen and oxygen atoms in total. The Morgan fingerprint density at radius 1 is 1.09 bits per heavy atom. The Morgan fingerprint density at radius 3 is 2.57 bits per heavy atom. The minimum atomic E-state index is -4.59. The molecule has 0 amide bonds. The normalized spacial score (nSPS) is 33.9. The number of hydrogen-bond donors (Lipinski definition) is 1. The molecular formula is C37H54O6S. The molecule has 1 N–H and O–H groups in total. The minimum absolute atomic E-state index is 0.0305. The van der Waals surface area contributed by atoms with Crippen molar-refractivity contribution in [3.8, 4) is 5.75 Å². The Balaban J connectivity index is 1.25. The molecule has 0 spiro atoms. The molecule has 0 aromatic heterocycles. The van der Waals surface area contributed by atoms with Crippen LogP contribution in [-0.2, 0) is 14.9 Å². The molecule has 44 heavy (non-hydrogen) atoms. The van der Waals surface area contributed by atoms with Crippen molar-refractivity contribution in [3.05, 3.63) is 48.1 Å². The molecule has 0 heterocycles. The molecule has 0 saturated heterocycles. The summed E-state index contributed by atoms with van der Waals surface area (Å²) >= 11 is 0. The maximum absolute atomic E-state index is 13.2. The maximum Gasteiger partial charge on any atom is 0.338 e. The van der Waals surface area contributed by atoms with Crippen LogP contribution in [0.15, 0.2) is 47.4 Å². The average molecular weight is 627 g/mol. The van der Waals surface area contributed by atoms with Gasteiger partial charge in [0.25, 0.3) is 10.1 Å². The Hall–Kier alpha value is -2.12. The highest BCUT2D eigenvalue weighted by Crippen LogP contribution is 2.67. The van der Waals surface area contributed by atoms with Gasteiger partial charge in [-0.3, -0.25) is 4.55 Å². The summed E-state index contributed by atoms with van der Waals surface area (Å²) < 4.78 is 45.0. The smallest absolute Gasteiger partial charge is 0.338 e. The number of hydrogen-bond acceptors (Lipinski definition) is 5. The van der Waals surface area contributed by atoms with Gasteiger partial charge in [0.1, 0.15) is 23.4 Å². The molecule has 4 aliphatic rings. The molecule has 0 unspecified atom stereocenters. The fourth-order valence-corrected chi connectivity index (χ4v) is 10.7. The molecule has 8 atom stereocenters. The van der Waals surface area contributed by atoms with Gasteiger partial charge in [-0.1, -0.05) is 78.2 Å². The lowest BCUT2D eigenvalue weighted by molar-refractivity contribution is -0.0594. The largest absolute Gasteiger partial charge is 0.488 e. The Kier molecular flexibility index (Phi) is 9.78. The van der Waals surface area contributed by atoms with Crippen LogP contribution >= 0.6 is 0 Å². The first-order chi connectivity index (χ1) is 20.8. The number of fused-ring (bicyclic) bond motifs is 5. The van der Waals surface area contributed by atoms with E-state index in [0.29, 0.717) is 11.3 Å². The van der Waals surface area contributed by atoms with Gasteiger partial charge in [-0.2, -0.15) is 8.42 Å². The zero-order chi connectivity index (χ0) is 31.9. The van der Waals surface area contributed by atoms with Crippen molar-refractivity contribution in [2.45, 2.75) is 116 Å². The lowest BCUT2D eigenvalue weighted by Crippen LogP contribution is -2.51. The van der Waals surface area contributed by atoms with E-state index in [1.165, 1.54) is 68.7 Å². The predicted octanol–water partition coefficient (Wildman–Crippen LogP) is 9.06. The van der Waals surface area contributed by atoms with Crippen molar-refractivity contribution < 1.29 is 27.2 Å². The van der Waals surface area contributed by atoms with E-state index in [1.807, 2.05) is 0 Å². The van der Waals surface area contributed by atoms with E-state index >= 15 is 0 Å². The van der Waals surface area contributed by atoms with Crippen LogP contribution in [0.1, 0.15) is 116 Å². The topological polar surface area (TPSA) is 89.9 Å². The molecule has 4 aliphatic carbocycles. The zero-order valence-electron chi connectivity index (χ0n) is 27.5. The van der Waals surface area contributed by atoms with Gasteiger partial charge < -0.3 is 9.47 Å². The monoisotopic (exact) mass is 626 g/mol. The van der Waals surface area contributed by atoms with Gasteiger partial charge in [-0.05, 0) is 109 Å². The van der Waals surface area contributed by atoms with Gasteiger partial charge in [0.15, 0.2) is 0 Å². The van der Waals surface area contributed by atoms with Crippen molar-refractivity contribution in [3.63, 3.8) is 0 Å². The lowest BCUT2D eigenvalue weighted by Gasteiger charge is -2.58. The predicted molar refractivity (Wildman–Crippen MR) is 174 cm³/mol. The molecule has 0 aliphatic heterocycles. The maximum atomic E-state index is 13.2. The first kappa shape index (κ1) is 33.2. The third kappa shape index (κ3) is 6.42. The van der Waals surface area contributed by atoms with E-state index in [9.17, 15) is 17.8 Å². The van der Waals surface area contributed by atoms with Crippen LogP contribution in [0.2, 0.25) is 0 Å². The first-order valence-corrected chi connectivity index (χ1v) is 18.5. The second-order valence-electron chi connectivity index (χ2n) is 15.3. The highest BCUT2D eigenvalue weighted by atomic mass is 32.2. The summed E-state index contributed by atoms with van der Waals surface area (Å²) in [6.45, 7) is 15.9. The minimum Gasteiger partial charge on any atom is -0.488 e. The molecule has 1 aromatic rings. The second kappa shape index (κ2) is 12.9. The standard InChI is InChI=1S/C37H54O6S/c1-7-21-42-33-16-11-26(22-34(33)44(39,40)41)35(38)43-28-17-19-36(5)27(23-28)12-13-29-31-15-14-30(25(4)10-8-9-24(2)3)37(31,6)20-18-32(29)36/h7,11-12,16,22,24-25,28-32H,1,8-10,13-15,17-21,23H2,2-6H3,(H,39,40,41)/t25-,28+,29+,30-,31+,32+,36+,37-/m1/s1. The number of ether oxygens (including phenoxy) is 2. The number of benzene rings is 1. The van der Waals surface area contributed by atoms with Crippen LogP contribution in [0.25, 0.3) is 0 Å². The average Bonchev–Trinajstić information content (AvgIpc) is 3.32. The molecule has 0 radical (unpaired) electrons. The fraction of sp³-hybridized carbons (Fsp3) is 0.703. The quantitative estimate of drug-likeness (QED) is 0.150. The van der Waals surface area contributed by atoms with Crippen LogP contribution in [0.5, 0.6) is 5.75 Å². The number of carbonyl (C=O) groups excluding carboxylic acids is 1. The summed E-state index contributed by atoms with van der Waals surface area (Å²) in [5.74, 6) is 4.07. The van der Waals surface area contributed by atoms with Crippen molar-refractivity contribution in [2.75, 3.05) is 6.61 Å². The molecule has 3 fully saturated rings. The van der Waals surface area contributed by atoms with E-state index in [-0.39, 0.29) is 29.4 Å². The van der Waals surface area contributed by atoms with Crippen molar-refractivity contribution >= 4 is 16.1 Å². The van der Waals surface area contributed by atoms with Crippen molar-refractivity contribution in [1.82, 2.24) is 0 Å². The third-order valence-electron chi connectivity index (χ3n) is 12.3. The summed E-state index contributed by atoms with van der Waals surface area (Å²) in [5.41, 5.74) is 2.13. The van der Waals surface area contributed by atoms with Gasteiger partial charge >= 0.3 is 5.97 Å². The van der Waals surface area contributed by atoms with E-state index in [1.54, 1.807) is 0 Å². The first-order valence-electron chi connectivity index (χ1n) is 17.0. The molecule has 5 rings (SSSR count). The molecule has 1 aromatic carbocycles. The van der Waals surface area contributed by atoms with Crippen LogP contribution in [0.4, 0.5) is 0 Å². The summed E-state index contributed by atoms with van der Waals surface area (Å²) in [6.07, 6.45) is 16.8. The van der Waals surface area contributed by atoms with Crippen LogP contribution in [0.3, 0.4) is 0 Å². The second-order valence-corrected chi connectivity index (χ2v) is 16.7. The zero-order valence-corrected chi connectivity index (χ0v) is 28.3. The Morgan fingerprint density at radius 2 is 1.86 bits per heavy atom. The van der Waals surface area contributed by atoms with Gasteiger partial charge in [-0.25, -0.2) is 4.79 Å². The third-order valence-corrected chi connectivity index (χ3v) is 13.2. The highest BCUT2D eigenvalue weighted by Gasteiger charge is 2.59. The number of carbonyl (C=O) groups is 1. The summed E-state index contributed by atoms with van der Waals surface area (Å²) in [5, 5.41) is 0. The summed E-state index contributed by atoms with van der Waals surface area (Å²) in [4.78, 5) is 12.7. The fourth-order valence-electron chi connectivity index (χ4n) is 10.1. The van der Waals surface area contributed by atoms with Crippen LogP contribution in [-0.4, -0.2) is 31.7 Å². The van der Waals surface area contributed by atoms with Gasteiger partial charge in [0, 0.05) is 6.42 Å². The Bertz CT molecular complexity index is 1360. The van der Waals surface area contributed by atoms with Crippen molar-refractivity contribution in [1.29, 1.82) is 0 Å². The summed E-state index contributed by atoms with van der Waals surface area (Å²) in [7, 11) is -4.59. The van der Waals surface area contributed by atoms with Gasteiger partial charge in [0.05, 0.1) is 5.56 Å². The van der Waals surface area contributed by atoms with Crippen molar-refractivity contribution in [2.24, 2.45) is 46.3 Å². The van der Waals surface area contributed by atoms with E-state index < -0.39 is 21.0 Å². The number of esters is 1. The number of rotatable bonds is 11. The Labute approximate surface area is 265 Å². The lowest BCUT2D eigenvalue weighted by atomic mass is 9.47. The van der Waals surface area contributed by atoms with Crippen LogP contribution < -0.4 is 4.74 Å². The molecular weight excluding hydrogens is 572 g/mol.